The second-order valence-corrected chi connectivity index (χ2v) is 6.63. The van der Waals surface area contributed by atoms with Gasteiger partial charge in [-0.15, -0.1) is 0 Å². The molecule has 0 aliphatic rings. The van der Waals surface area contributed by atoms with Gasteiger partial charge in [0.2, 0.25) is 0 Å². The first-order chi connectivity index (χ1) is 12.9. The van der Waals surface area contributed by atoms with Gasteiger partial charge in [0.05, 0.1) is 28.7 Å². The van der Waals surface area contributed by atoms with E-state index in [4.69, 9.17) is 4.42 Å². The molecule has 0 aliphatic carbocycles. The summed E-state index contributed by atoms with van der Waals surface area (Å²) in [5.41, 5.74) is 1.51. The number of hydrogen-bond acceptors (Lipinski definition) is 5. The van der Waals surface area contributed by atoms with Crippen LogP contribution in [0.1, 0.15) is 39.4 Å². The van der Waals surface area contributed by atoms with E-state index in [2.05, 4.69) is 36.8 Å². The van der Waals surface area contributed by atoms with Crippen LogP contribution in [0.5, 0.6) is 0 Å². The first-order valence-corrected chi connectivity index (χ1v) is 9.08. The molecule has 10 heteroatoms. The molecule has 0 bridgehead atoms. The summed E-state index contributed by atoms with van der Waals surface area (Å²) >= 11 is 3.37. The van der Waals surface area contributed by atoms with Crippen molar-refractivity contribution in [2.24, 2.45) is 7.05 Å². The molecule has 2 amide bonds. The maximum atomic E-state index is 12.7. The number of anilines is 1. The number of hydrogen-bond donors (Lipinski definition) is 2. The van der Waals surface area contributed by atoms with Crippen molar-refractivity contribution in [3.63, 3.8) is 0 Å². The molecule has 27 heavy (non-hydrogen) atoms. The first-order valence-electron chi connectivity index (χ1n) is 8.29. The van der Waals surface area contributed by atoms with Crippen LogP contribution < -0.4 is 10.6 Å². The van der Waals surface area contributed by atoms with Gasteiger partial charge in [0, 0.05) is 19.8 Å². The van der Waals surface area contributed by atoms with E-state index in [9.17, 15) is 9.59 Å². The maximum Gasteiger partial charge on any atom is 0.275 e. The van der Waals surface area contributed by atoms with E-state index >= 15 is 0 Å². The molecule has 0 aromatic carbocycles. The Morgan fingerprint density at radius 2 is 2.07 bits per heavy atom. The van der Waals surface area contributed by atoms with Gasteiger partial charge in [-0.25, -0.2) is 0 Å². The van der Waals surface area contributed by atoms with Gasteiger partial charge in [-0.05, 0) is 41.9 Å². The Morgan fingerprint density at radius 1 is 1.30 bits per heavy atom. The van der Waals surface area contributed by atoms with Crippen LogP contribution in [-0.4, -0.2) is 31.4 Å². The van der Waals surface area contributed by atoms with Gasteiger partial charge in [-0.1, -0.05) is 0 Å². The second kappa shape index (κ2) is 7.78. The van der Waals surface area contributed by atoms with Crippen molar-refractivity contribution in [2.45, 2.75) is 26.9 Å². The van der Waals surface area contributed by atoms with E-state index in [1.165, 1.54) is 10.9 Å². The highest BCUT2D eigenvalue weighted by Gasteiger charge is 2.23. The van der Waals surface area contributed by atoms with Crippen molar-refractivity contribution >= 4 is 33.4 Å². The first kappa shape index (κ1) is 18.9. The normalized spacial score (nSPS) is 10.8. The third kappa shape index (κ3) is 3.95. The zero-order valence-corrected chi connectivity index (χ0v) is 16.7. The van der Waals surface area contributed by atoms with Gasteiger partial charge >= 0.3 is 0 Å². The quantitative estimate of drug-likeness (QED) is 0.619. The average molecular weight is 435 g/mol. The highest BCUT2D eigenvalue weighted by atomic mass is 79.9. The molecule has 0 spiro atoms. The van der Waals surface area contributed by atoms with E-state index < -0.39 is 5.91 Å². The van der Waals surface area contributed by atoms with Crippen molar-refractivity contribution in [1.82, 2.24) is 24.9 Å². The number of halogens is 1. The molecule has 0 fully saturated rings. The van der Waals surface area contributed by atoms with Crippen molar-refractivity contribution in [1.29, 1.82) is 0 Å². The number of rotatable bonds is 6. The van der Waals surface area contributed by atoms with Crippen LogP contribution in [0.3, 0.4) is 0 Å². The van der Waals surface area contributed by atoms with Gasteiger partial charge in [-0.2, -0.15) is 10.2 Å². The number of aryl methyl sites for hydroxylation is 3. The molecule has 0 saturated heterocycles. The summed E-state index contributed by atoms with van der Waals surface area (Å²) in [7, 11) is 1.68. The van der Waals surface area contributed by atoms with Crippen LogP contribution >= 0.6 is 15.9 Å². The Morgan fingerprint density at radius 3 is 2.67 bits per heavy atom. The molecule has 3 rings (SSSR count). The lowest BCUT2D eigenvalue weighted by Crippen LogP contribution is -2.25. The molecular formula is C17H19BrN6O3. The van der Waals surface area contributed by atoms with Crippen LogP contribution in [0.25, 0.3) is 0 Å². The Bertz CT molecular complexity index is 973. The lowest BCUT2D eigenvalue weighted by atomic mass is 10.3. The van der Waals surface area contributed by atoms with Crippen molar-refractivity contribution < 1.29 is 14.0 Å². The largest absolute Gasteiger partial charge is 0.467 e. The van der Waals surface area contributed by atoms with E-state index in [1.54, 1.807) is 37.0 Å². The molecule has 142 valence electrons. The van der Waals surface area contributed by atoms with Crippen LogP contribution in [-0.2, 0) is 20.1 Å². The summed E-state index contributed by atoms with van der Waals surface area (Å²) in [5.74, 6) is -0.173. The average Bonchev–Trinajstić information content (AvgIpc) is 3.33. The van der Waals surface area contributed by atoms with Crippen LogP contribution in [0.4, 0.5) is 5.69 Å². The van der Waals surface area contributed by atoms with Crippen LogP contribution in [0.15, 0.2) is 33.5 Å². The minimum Gasteiger partial charge on any atom is -0.467 e. The van der Waals surface area contributed by atoms with Crippen molar-refractivity contribution in [3.05, 3.63) is 51.9 Å². The molecule has 3 aromatic heterocycles. The van der Waals surface area contributed by atoms with Gasteiger partial charge in [0.25, 0.3) is 11.8 Å². The molecule has 0 radical (unpaired) electrons. The third-order valence-corrected chi connectivity index (χ3v) is 4.87. The fourth-order valence-corrected chi connectivity index (χ4v) is 3.08. The molecule has 9 nitrogen and oxygen atoms in total. The van der Waals surface area contributed by atoms with Gasteiger partial charge in [0.1, 0.15) is 11.5 Å². The highest BCUT2D eigenvalue weighted by Crippen LogP contribution is 2.22. The second-order valence-electron chi connectivity index (χ2n) is 5.83. The number of amides is 2. The molecule has 0 aliphatic heterocycles. The summed E-state index contributed by atoms with van der Waals surface area (Å²) in [5, 5.41) is 13.9. The highest BCUT2D eigenvalue weighted by molar-refractivity contribution is 9.10. The third-order valence-electron chi connectivity index (χ3n) is 3.92. The van der Waals surface area contributed by atoms with E-state index in [0.717, 1.165) is 0 Å². The van der Waals surface area contributed by atoms with E-state index in [1.807, 2.05) is 6.92 Å². The zero-order chi connectivity index (χ0) is 19.6. The zero-order valence-electron chi connectivity index (χ0n) is 15.1. The summed E-state index contributed by atoms with van der Waals surface area (Å²) in [6.45, 7) is 4.47. The fraction of sp³-hybridized carbons (Fsp3) is 0.294. The number of nitrogens with zero attached hydrogens (tertiary/aromatic N) is 4. The Kier molecular flexibility index (Phi) is 5.45. The monoisotopic (exact) mass is 434 g/mol. The van der Waals surface area contributed by atoms with E-state index in [0.29, 0.717) is 33.9 Å². The molecule has 2 N–H and O–H groups in total. The predicted octanol–water partition coefficient (Wildman–Crippen LogP) is 2.48. The standard InChI is InChI=1S/C17H19BrN6O3/c1-4-24-9-12(20-17(26)15-13(18)10(2)21-23(15)3)14(22-24)16(25)19-8-11-6-5-7-27-11/h5-7,9H,4,8H2,1-3H3,(H,19,25)(H,20,26). The number of nitrogens with one attached hydrogen (secondary N) is 2. The minimum atomic E-state index is -0.408. The summed E-state index contributed by atoms with van der Waals surface area (Å²) in [6, 6.07) is 3.50. The lowest BCUT2D eigenvalue weighted by molar-refractivity contribution is 0.0943. The predicted molar refractivity (Wildman–Crippen MR) is 101 cm³/mol. The summed E-state index contributed by atoms with van der Waals surface area (Å²) in [4.78, 5) is 25.2. The Hall–Kier alpha value is -2.88. The Balaban J connectivity index is 1.81. The molecule has 0 saturated carbocycles. The van der Waals surface area contributed by atoms with Gasteiger partial charge in [-0.3, -0.25) is 19.0 Å². The van der Waals surface area contributed by atoms with Crippen molar-refractivity contribution in [2.75, 3.05) is 5.32 Å². The van der Waals surface area contributed by atoms with Crippen LogP contribution in [0.2, 0.25) is 0 Å². The number of aromatic nitrogens is 4. The molecule has 0 unspecified atom stereocenters. The number of carbonyl (C=O) groups is 2. The fourth-order valence-electron chi connectivity index (χ4n) is 2.57. The summed E-state index contributed by atoms with van der Waals surface area (Å²) in [6.07, 6.45) is 3.16. The topological polar surface area (TPSA) is 107 Å². The van der Waals surface area contributed by atoms with Gasteiger partial charge < -0.3 is 15.1 Å². The molecular weight excluding hydrogens is 416 g/mol. The number of carbonyl (C=O) groups excluding carboxylic acids is 2. The molecule has 3 aromatic rings. The molecule has 0 atom stereocenters. The minimum absolute atomic E-state index is 0.131. The van der Waals surface area contributed by atoms with Crippen LogP contribution in [0, 0.1) is 6.92 Å². The van der Waals surface area contributed by atoms with E-state index in [-0.39, 0.29) is 18.1 Å². The van der Waals surface area contributed by atoms with Crippen molar-refractivity contribution in [3.8, 4) is 0 Å². The SMILES string of the molecule is CCn1cc(NC(=O)c2c(Br)c(C)nn2C)c(C(=O)NCc2ccco2)n1. The maximum absolute atomic E-state index is 12.7. The van der Waals surface area contributed by atoms with Gasteiger partial charge in [0.15, 0.2) is 5.69 Å². The number of furan rings is 1. The summed E-state index contributed by atoms with van der Waals surface area (Å²) < 4.78 is 8.87. The smallest absolute Gasteiger partial charge is 0.275 e. The Labute approximate surface area is 163 Å². The molecule has 3 heterocycles. The lowest BCUT2D eigenvalue weighted by Gasteiger charge is -2.06.